The Labute approximate surface area is 105 Å². The zero-order valence-electron chi connectivity index (χ0n) is 12.0. The van der Waals surface area contributed by atoms with E-state index in [-0.39, 0.29) is 17.3 Å². The van der Waals surface area contributed by atoms with Crippen LogP contribution in [0.15, 0.2) is 0 Å². The summed E-state index contributed by atoms with van der Waals surface area (Å²) in [6, 6.07) is 0. The summed E-state index contributed by atoms with van der Waals surface area (Å²) in [5.74, 6) is 0.583. The van der Waals surface area contributed by atoms with E-state index >= 15 is 0 Å². The highest BCUT2D eigenvalue weighted by Crippen LogP contribution is 2.47. The third-order valence-corrected chi connectivity index (χ3v) is 4.47. The Hall–Kier alpha value is -0.140. The molecular weight excluding hydrogens is 218 g/mol. The van der Waals surface area contributed by atoms with Gasteiger partial charge in [0, 0.05) is 5.92 Å². The zero-order chi connectivity index (χ0) is 13.2. The Kier molecular flexibility index (Phi) is 4.97. The first kappa shape index (κ1) is 14.9. The second kappa shape index (κ2) is 5.67. The minimum absolute atomic E-state index is 0.145. The van der Waals surface area contributed by atoms with Crippen molar-refractivity contribution in [3.05, 3.63) is 0 Å². The van der Waals surface area contributed by atoms with Gasteiger partial charge in [-0.05, 0) is 36.0 Å². The van der Waals surface area contributed by atoms with Gasteiger partial charge >= 0.3 is 0 Å². The SMILES string of the molecule is CC(C)C1C(C(F)F)CCCCC1C(C)(C)C. The molecule has 2 heteroatoms. The molecule has 102 valence electrons. The van der Waals surface area contributed by atoms with Crippen molar-refractivity contribution in [3.8, 4) is 0 Å². The summed E-state index contributed by atoms with van der Waals surface area (Å²) >= 11 is 0. The molecule has 0 aromatic carbocycles. The van der Waals surface area contributed by atoms with Crippen LogP contribution in [0.3, 0.4) is 0 Å². The van der Waals surface area contributed by atoms with Crippen molar-refractivity contribution >= 4 is 0 Å². The molecule has 0 radical (unpaired) electrons. The highest BCUT2D eigenvalue weighted by Gasteiger charge is 2.42. The molecule has 0 aliphatic heterocycles. The van der Waals surface area contributed by atoms with E-state index in [0.29, 0.717) is 18.3 Å². The lowest BCUT2D eigenvalue weighted by molar-refractivity contribution is -0.0172. The maximum Gasteiger partial charge on any atom is 0.241 e. The zero-order valence-corrected chi connectivity index (χ0v) is 12.0. The van der Waals surface area contributed by atoms with Crippen LogP contribution in [-0.4, -0.2) is 6.43 Å². The first-order valence-electron chi connectivity index (χ1n) is 7.03. The minimum Gasteiger partial charge on any atom is -0.210 e. The summed E-state index contributed by atoms with van der Waals surface area (Å²) in [5, 5.41) is 0. The number of alkyl halides is 2. The Balaban J connectivity index is 3.00. The van der Waals surface area contributed by atoms with Crippen molar-refractivity contribution in [1.29, 1.82) is 0 Å². The second-order valence-corrected chi connectivity index (χ2v) is 7.08. The predicted molar refractivity (Wildman–Crippen MR) is 69.2 cm³/mol. The highest BCUT2D eigenvalue weighted by atomic mass is 19.3. The lowest BCUT2D eigenvalue weighted by atomic mass is 9.64. The molecule has 0 saturated heterocycles. The predicted octanol–water partition coefficient (Wildman–Crippen LogP) is 5.38. The van der Waals surface area contributed by atoms with Crippen molar-refractivity contribution in [2.45, 2.75) is 66.7 Å². The molecule has 0 bridgehead atoms. The first-order valence-corrected chi connectivity index (χ1v) is 7.03. The van der Waals surface area contributed by atoms with Gasteiger partial charge in [0.15, 0.2) is 0 Å². The lowest BCUT2D eigenvalue weighted by Gasteiger charge is -2.41. The highest BCUT2D eigenvalue weighted by molar-refractivity contribution is 4.89. The van der Waals surface area contributed by atoms with Crippen molar-refractivity contribution in [2.24, 2.45) is 29.1 Å². The molecule has 1 aliphatic rings. The van der Waals surface area contributed by atoms with Crippen LogP contribution in [0.1, 0.15) is 60.3 Å². The Morgan fingerprint density at radius 1 is 1.00 bits per heavy atom. The van der Waals surface area contributed by atoms with E-state index in [1.54, 1.807) is 0 Å². The average molecular weight is 246 g/mol. The summed E-state index contributed by atoms with van der Waals surface area (Å²) in [6.07, 6.45) is 1.78. The molecule has 0 aromatic heterocycles. The van der Waals surface area contributed by atoms with Gasteiger partial charge in [0.25, 0.3) is 0 Å². The van der Waals surface area contributed by atoms with Crippen molar-refractivity contribution in [1.82, 2.24) is 0 Å². The van der Waals surface area contributed by atoms with Crippen LogP contribution < -0.4 is 0 Å². The first-order chi connectivity index (χ1) is 7.75. The fraction of sp³-hybridized carbons (Fsp3) is 1.00. The molecule has 0 spiro atoms. The number of hydrogen-bond acceptors (Lipinski definition) is 0. The third kappa shape index (κ3) is 3.66. The summed E-state index contributed by atoms with van der Waals surface area (Å²) in [5.41, 5.74) is 0.145. The average Bonchev–Trinajstić information content (AvgIpc) is 2.37. The second-order valence-electron chi connectivity index (χ2n) is 7.08. The molecule has 1 saturated carbocycles. The molecule has 0 heterocycles. The van der Waals surface area contributed by atoms with Gasteiger partial charge < -0.3 is 0 Å². The van der Waals surface area contributed by atoms with Crippen molar-refractivity contribution < 1.29 is 8.78 Å². The molecule has 0 nitrogen and oxygen atoms in total. The summed E-state index contributed by atoms with van der Waals surface area (Å²) in [7, 11) is 0. The molecule has 0 N–H and O–H groups in total. The Bertz CT molecular complexity index is 228. The standard InChI is InChI=1S/C15H28F2/c1-10(2)13-11(14(16)17)8-6-7-9-12(13)15(3,4)5/h10-14H,6-9H2,1-5H3. The molecule has 17 heavy (non-hydrogen) atoms. The van der Waals surface area contributed by atoms with E-state index in [2.05, 4.69) is 34.6 Å². The number of halogens is 2. The monoisotopic (exact) mass is 246 g/mol. The van der Waals surface area contributed by atoms with E-state index in [4.69, 9.17) is 0 Å². The van der Waals surface area contributed by atoms with Gasteiger partial charge in [0.2, 0.25) is 6.43 Å². The fourth-order valence-corrected chi connectivity index (χ4v) is 3.69. The van der Waals surface area contributed by atoms with Crippen LogP contribution in [0, 0.1) is 29.1 Å². The van der Waals surface area contributed by atoms with Gasteiger partial charge in [0.1, 0.15) is 0 Å². The molecule has 3 atom stereocenters. The van der Waals surface area contributed by atoms with E-state index in [1.165, 1.54) is 0 Å². The van der Waals surface area contributed by atoms with Gasteiger partial charge in [-0.15, -0.1) is 0 Å². The summed E-state index contributed by atoms with van der Waals surface area (Å²) in [6.45, 7) is 10.9. The Morgan fingerprint density at radius 2 is 1.53 bits per heavy atom. The van der Waals surface area contributed by atoms with Crippen LogP contribution in [0.4, 0.5) is 8.78 Å². The van der Waals surface area contributed by atoms with E-state index in [1.807, 2.05) is 0 Å². The van der Waals surface area contributed by atoms with Crippen molar-refractivity contribution in [3.63, 3.8) is 0 Å². The van der Waals surface area contributed by atoms with Crippen LogP contribution >= 0.6 is 0 Å². The fourth-order valence-electron chi connectivity index (χ4n) is 3.69. The Morgan fingerprint density at radius 3 is 1.94 bits per heavy atom. The molecule has 3 unspecified atom stereocenters. The summed E-state index contributed by atoms with van der Waals surface area (Å²) < 4.78 is 26.5. The van der Waals surface area contributed by atoms with Crippen LogP contribution in [0.2, 0.25) is 0 Å². The van der Waals surface area contributed by atoms with Crippen LogP contribution in [0.25, 0.3) is 0 Å². The molecule has 0 aromatic rings. The van der Waals surface area contributed by atoms with E-state index < -0.39 is 6.43 Å². The van der Waals surface area contributed by atoms with Gasteiger partial charge in [-0.1, -0.05) is 47.5 Å². The van der Waals surface area contributed by atoms with Gasteiger partial charge in [0.05, 0.1) is 0 Å². The maximum absolute atomic E-state index is 13.3. The van der Waals surface area contributed by atoms with Crippen LogP contribution in [-0.2, 0) is 0 Å². The summed E-state index contributed by atoms with van der Waals surface area (Å²) in [4.78, 5) is 0. The molecule has 1 rings (SSSR count). The van der Waals surface area contributed by atoms with Gasteiger partial charge in [-0.2, -0.15) is 0 Å². The lowest BCUT2D eigenvalue weighted by Crippen LogP contribution is -2.37. The smallest absolute Gasteiger partial charge is 0.210 e. The molecule has 1 fully saturated rings. The number of hydrogen-bond donors (Lipinski definition) is 0. The molecular formula is C15H28F2. The largest absolute Gasteiger partial charge is 0.241 e. The quantitative estimate of drug-likeness (QED) is 0.574. The molecule has 0 amide bonds. The molecule has 1 aliphatic carbocycles. The van der Waals surface area contributed by atoms with Gasteiger partial charge in [-0.25, -0.2) is 8.78 Å². The van der Waals surface area contributed by atoms with Crippen molar-refractivity contribution in [2.75, 3.05) is 0 Å². The van der Waals surface area contributed by atoms with E-state index in [9.17, 15) is 8.78 Å². The maximum atomic E-state index is 13.3. The third-order valence-electron chi connectivity index (χ3n) is 4.47. The topological polar surface area (TPSA) is 0 Å². The normalized spacial score (nSPS) is 31.9. The minimum atomic E-state index is -2.15. The van der Waals surface area contributed by atoms with Gasteiger partial charge in [-0.3, -0.25) is 0 Å². The van der Waals surface area contributed by atoms with E-state index in [0.717, 1.165) is 19.3 Å². The van der Waals surface area contributed by atoms with Crippen LogP contribution in [0.5, 0.6) is 0 Å². The number of rotatable bonds is 2.